The maximum Gasteiger partial charge on any atom is 0.101 e. The minimum absolute atomic E-state index is 0.248. The Morgan fingerprint density at radius 2 is 2.20 bits per heavy atom. The molecule has 0 bridgehead atoms. The smallest absolute Gasteiger partial charge is 0.101 e. The number of hydrogen-bond donors (Lipinski definition) is 2. The van der Waals surface area contributed by atoms with Crippen molar-refractivity contribution in [3.63, 3.8) is 0 Å². The zero-order valence-corrected chi connectivity index (χ0v) is 9.03. The van der Waals surface area contributed by atoms with Gasteiger partial charge < -0.3 is 11.1 Å². The number of hydrogen-bond acceptors (Lipinski definition) is 3. The summed E-state index contributed by atoms with van der Waals surface area (Å²) in [4.78, 5) is 0. The van der Waals surface area contributed by atoms with Gasteiger partial charge in [0.15, 0.2) is 0 Å². The van der Waals surface area contributed by atoms with Crippen LogP contribution in [0.4, 0.5) is 5.69 Å². The van der Waals surface area contributed by atoms with Crippen LogP contribution in [0.2, 0.25) is 0 Å². The average molecular weight is 203 g/mol. The third-order valence-electron chi connectivity index (χ3n) is 2.20. The Balaban J connectivity index is 2.41. The van der Waals surface area contributed by atoms with Gasteiger partial charge in [0.1, 0.15) is 6.07 Å². The van der Waals surface area contributed by atoms with E-state index in [0.717, 1.165) is 25.1 Å². The third kappa shape index (κ3) is 4.01. The Bertz CT molecular complexity index is 339. The van der Waals surface area contributed by atoms with Gasteiger partial charge in [-0.3, -0.25) is 0 Å². The highest BCUT2D eigenvalue weighted by Gasteiger charge is 1.99. The molecule has 1 aromatic carbocycles. The molecule has 0 aromatic heterocycles. The summed E-state index contributed by atoms with van der Waals surface area (Å²) < 4.78 is 0. The molecular formula is C12H17N3. The molecule has 0 aliphatic carbocycles. The molecule has 0 heterocycles. The maximum absolute atomic E-state index is 8.85. The van der Waals surface area contributed by atoms with E-state index in [4.69, 9.17) is 11.0 Å². The van der Waals surface area contributed by atoms with Crippen molar-refractivity contribution in [2.24, 2.45) is 5.73 Å². The summed E-state index contributed by atoms with van der Waals surface area (Å²) in [6, 6.07) is 9.93. The monoisotopic (exact) mass is 203 g/mol. The van der Waals surface area contributed by atoms with E-state index < -0.39 is 0 Å². The first-order valence-corrected chi connectivity index (χ1v) is 5.22. The van der Waals surface area contributed by atoms with E-state index in [9.17, 15) is 0 Å². The van der Waals surface area contributed by atoms with Gasteiger partial charge in [-0.1, -0.05) is 12.1 Å². The fourth-order valence-electron chi connectivity index (χ4n) is 1.38. The van der Waals surface area contributed by atoms with Crippen LogP contribution in [0.25, 0.3) is 0 Å². The average Bonchev–Trinajstić information content (AvgIpc) is 2.24. The lowest BCUT2D eigenvalue weighted by Crippen LogP contribution is -2.16. The van der Waals surface area contributed by atoms with Gasteiger partial charge in [-0.2, -0.15) is 5.26 Å². The first-order valence-electron chi connectivity index (χ1n) is 5.22. The Kier molecular flexibility index (Phi) is 4.65. The van der Waals surface area contributed by atoms with Crippen molar-refractivity contribution in [3.05, 3.63) is 29.8 Å². The quantitative estimate of drug-likeness (QED) is 0.720. The van der Waals surface area contributed by atoms with Crippen molar-refractivity contribution in [2.75, 3.05) is 11.9 Å². The summed E-state index contributed by atoms with van der Waals surface area (Å²) >= 11 is 0. The van der Waals surface area contributed by atoms with Gasteiger partial charge >= 0.3 is 0 Å². The van der Waals surface area contributed by atoms with Crippen molar-refractivity contribution in [1.29, 1.82) is 5.26 Å². The molecule has 1 rings (SSSR count). The Morgan fingerprint density at radius 1 is 1.47 bits per heavy atom. The van der Waals surface area contributed by atoms with Crippen LogP contribution in [0.1, 0.15) is 25.3 Å². The molecule has 15 heavy (non-hydrogen) atoms. The number of anilines is 1. The molecule has 0 amide bonds. The Labute approximate surface area is 90.9 Å². The van der Waals surface area contributed by atoms with Crippen LogP contribution in [-0.2, 0) is 0 Å². The summed E-state index contributed by atoms with van der Waals surface area (Å²) in [7, 11) is 0. The van der Waals surface area contributed by atoms with Crippen LogP contribution < -0.4 is 11.1 Å². The topological polar surface area (TPSA) is 61.8 Å². The van der Waals surface area contributed by atoms with Crippen LogP contribution in [0.5, 0.6) is 0 Å². The second-order valence-corrected chi connectivity index (χ2v) is 3.70. The number of rotatable bonds is 5. The number of nitrogens with two attached hydrogens (primary N) is 1. The summed E-state index contributed by atoms with van der Waals surface area (Å²) in [6.07, 6.45) is 2.03. The predicted octanol–water partition coefficient (Wildman–Crippen LogP) is 2.10. The van der Waals surface area contributed by atoms with Crippen molar-refractivity contribution in [2.45, 2.75) is 25.8 Å². The van der Waals surface area contributed by atoms with E-state index in [0.29, 0.717) is 5.56 Å². The molecule has 80 valence electrons. The SMILES string of the molecule is CC(N)CCCNc1ccccc1C#N. The molecule has 0 fully saturated rings. The first kappa shape index (κ1) is 11.5. The van der Waals surface area contributed by atoms with Gasteiger partial charge in [-0.05, 0) is 31.9 Å². The van der Waals surface area contributed by atoms with Gasteiger partial charge in [0.25, 0.3) is 0 Å². The normalized spacial score (nSPS) is 11.8. The van der Waals surface area contributed by atoms with E-state index in [1.165, 1.54) is 0 Å². The van der Waals surface area contributed by atoms with Crippen LogP contribution in [0.15, 0.2) is 24.3 Å². The molecule has 3 N–H and O–H groups in total. The van der Waals surface area contributed by atoms with Crippen LogP contribution in [0, 0.1) is 11.3 Å². The molecule has 3 nitrogen and oxygen atoms in total. The predicted molar refractivity (Wildman–Crippen MR) is 62.5 cm³/mol. The number of nitriles is 1. The van der Waals surface area contributed by atoms with Gasteiger partial charge in [0.05, 0.1) is 11.3 Å². The molecule has 1 unspecified atom stereocenters. The molecule has 1 aromatic rings. The van der Waals surface area contributed by atoms with Gasteiger partial charge in [0, 0.05) is 12.6 Å². The van der Waals surface area contributed by atoms with Crippen molar-refractivity contribution >= 4 is 5.69 Å². The van der Waals surface area contributed by atoms with E-state index in [2.05, 4.69) is 11.4 Å². The van der Waals surface area contributed by atoms with Crippen molar-refractivity contribution in [1.82, 2.24) is 0 Å². The van der Waals surface area contributed by atoms with Gasteiger partial charge in [0.2, 0.25) is 0 Å². The van der Waals surface area contributed by atoms with E-state index in [-0.39, 0.29) is 6.04 Å². The molecular weight excluding hydrogens is 186 g/mol. The van der Waals surface area contributed by atoms with E-state index in [1.807, 2.05) is 31.2 Å². The number of nitrogens with zero attached hydrogens (tertiary/aromatic N) is 1. The summed E-state index contributed by atoms with van der Waals surface area (Å²) in [5.41, 5.74) is 7.25. The lowest BCUT2D eigenvalue weighted by molar-refractivity contribution is 0.639. The molecule has 3 heteroatoms. The molecule has 0 aliphatic rings. The highest BCUT2D eigenvalue weighted by Crippen LogP contribution is 2.13. The Hall–Kier alpha value is -1.53. The molecule has 0 spiro atoms. The molecule has 0 saturated heterocycles. The number of benzene rings is 1. The zero-order valence-electron chi connectivity index (χ0n) is 9.03. The molecule has 0 saturated carbocycles. The first-order chi connectivity index (χ1) is 7.24. The fraction of sp³-hybridized carbons (Fsp3) is 0.417. The molecule has 1 atom stereocenters. The lowest BCUT2D eigenvalue weighted by atomic mass is 10.1. The maximum atomic E-state index is 8.85. The largest absolute Gasteiger partial charge is 0.384 e. The minimum atomic E-state index is 0.248. The van der Waals surface area contributed by atoms with Crippen molar-refractivity contribution in [3.8, 4) is 6.07 Å². The van der Waals surface area contributed by atoms with Crippen LogP contribution in [0.3, 0.4) is 0 Å². The second-order valence-electron chi connectivity index (χ2n) is 3.70. The zero-order chi connectivity index (χ0) is 11.1. The van der Waals surface area contributed by atoms with Crippen LogP contribution >= 0.6 is 0 Å². The summed E-state index contributed by atoms with van der Waals surface area (Å²) in [6.45, 7) is 2.86. The van der Waals surface area contributed by atoms with Gasteiger partial charge in [-0.25, -0.2) is 0 Å². The second kappa shape index (κ2) is 6.05. The third-order valence-corrected chi connectivity index (χ3v) is 2.20. The lowest BCUT2D eigenvalue weighted by Gasteiger charge is -2.08. The fourth-order valence-corrected chi connectivity index (χ4v) is 1.38. The standard InChI is InChI=1S/C12H17N3/c1-10(14)5-4-8-15-12-7-3-2-6-11(12)9-13/h2-3,6-7,10,15H,4-5,8,14H2,1H3. The van der Waals surface area contributed by atoms with Crippen molar-refractivity contribution < 1.29 is 0 Å². The van der Waals surface area contributed by atoms with E-state index >= 15 is 0 Å². The molecule has 0 aliphatic heterocycles. The molecule has 0 radical (unpaired) electrons. The number of para-hydroxylation sites is 1. The summed E-state index contributed by atoms with van der Waals surface area (Å²) in [5, 5.41) is 12.1. The van der Waals surface area contributed by atoms with Crippen LogP contribution in [-0.4, -0.2) is 12.6 Å². The highest BCUT2D eigenvalue weighted by molar-refractivity contribution is 5.56. The minimum Gasteiger partial charge on any atom is -0.384 e. The summed E-state index contributed by atoms with van der Waals surface area (Å²) in [5.74, 6) is 0. The van der Waals surface area contributed by atoms with E-state index in [1.54, 1.807) is 0 Å². The van der Waals surface area contributed by atoms with Gasteiger partial charge in [-0.15, -0.1) is 0 Å². The number of nitrogens with one attached hydrogen (secondary N) is 1. The Morgan fingerprint density at radius 3 is 2.87 bits per heavy atom. The highest BCUT2D eigenvalue weighted by atomic mass is 14.9.